The van der Waals surface area contributed by atoms with E-state index in [1.54, 1.807) is 24.3 Å². The molecule has 8 nitrogen and oxygen atoms in total. The molecule has 0 radical (unpaired) electrons. The van der Waals surface area contributed by atoms with Gasteiger partial charge in [0.2, 0.25) is 5.88 Å². The third-order valence-corrected chi connectivity index (χ3v) is 7.26. The molecule has 2 atom stereocenters. The van der Waals surface area contributed by atoms with E-state index in [1.807, 2.05) is 18.6 Å². The third-order valence-electron chi connectivity index (χ3n) is 5.11. The van der Waals surface area contributed by atoms with Gasteiger partial charge in [-0.2, -0.15) is 17.1 Å². The lowest BCUT2D eigenvalue weighted by atomic mass is 10.1. The van der Waals surface area contributed by atoms with Gasteiger partial charge >= 0.3 is 16.2 Å². The van der Waals surface area contributed by atoms with Crippen molar-refractivity contribution in [2.24, 2.45) is 5.92 Å². The number of fused-ring (bicyclic) bond motifs is 1. The summed E-state index contributed by atoms with van der Waals surface area (Å²) in [6, 6.07) is 14.8. The number of aromatic nitrogens is 1. The van der Waals surface area contributed by atoms with E-state index < -0.39 is 27.5 Å². The van der Waals surface area contributed by atoms with Crippen molar-refractivity contribution >= 4 is 45.0 Å². The zero-order chi connectivity index (χ0) is 26.1. The molecule has 2 aromatic carbocycles. The lowest BCUT2D eigenvalue weighted by Gasteiger charge is -2.33. The van der Waals surface area contributed by atoms with Crippen LogP contribution in [-0.2, 0) is 10.2 Å². The number of nitrogens with zero attached hydrogens (tertiary/aromatic N) is 2. The fraction of sp³-hybridized carbons (Fsp3) is 0.250. The number of pyridine rings is 1. The predicted octanol–water partition coefficient (Wildman–Crippen LogP) is 5.25. The Morgan fingerprint density at radius 3 is 2.53 bits per heavy atom. The molecular formula is C24H22Cl2FN3O5S. The smallest absolute Gasteiger partial charge is 0.367 e. The maximum atomic E-state index is 16.6. The van der Waals surface area contributed by atoms with Crippen LogP contribution in [0.25, 0.3) is 0 Å². The first-order valence-electron chi connectivity index (χ1n) is 10.8. The van der Waals surface area contributed by atoms with Crippen LogP contribution in [0, 0.1) is 5.92 Å². The average Bonchev–Trinajstić information content (AvgIpc) is 3.05. The van der Waals surface area contributed by atoms with Crippen LogP contribution < -0.4 is 18.5 Å². The monoisotopic (exact) mass is 553 g/mol. The Morgan fingerprint density at radius 1 is 1.19 bits per heavy atom. The van der Waals surface area contributed by atoms with Crippen molar-refractivity contribution < 1.29 is 27.1 Å². The summed E-state index contributed by atoms with van der Waals surface area (Å²) in [6.45, 7) is 4.25. The lowest BCUT2D eigenvalue weighted by molar-refractivity contribution is -0.0471. The maximum absolute atomic E-state index is 16.6. The van der Waals surface area contributed by atoms with E-state index in [0.29, 0.717) is 10.9 Å². The third kappa shape index (κ3) is 5.07. The Labute approximate surface area is 218 Å². The predicted molar refractivity (Wildman–Crippen MR) is 134 cm³/mol. The van der Waals surface area contributed by atoms with Crippen LogP contribution in [0.15, 0.2) is 66.9 Å². The molecule has 2 unspecified atom stereocenters. The van der Waals surface area contributed by atoms with Crippen molar-refractivity contribution in [3.63, 3.8) is 0 Å². The number of amides is 1. The van der Waals surface area contributed by atoms with Crippen LogP contribution >= 0.6 is 23.2 Å². The molecular weight excluding hydrogens is 532 g/mol. The van der Waals surface area contributed by atoms with Gasteiger partial charge < -0.3 is 9.47 Å². The molecule has 2 heterocycles. The molecule has 0 saturated carbocycles. The minimum absolute atomic E-state index is 0.0326. The zero-order valence-corrected chi connectivity index (χ0v) is 21.5. The molecule has 0 aliphatic carbocycles. The first kappa shape index (κ1) is 26.0. The molecule has 0 bridgehead atoms. The number of halogens is 3. The summed E-state index contributed by atoms with van der Waals surface area (Å²) in [7, 11) is -4.85. The normalized spacial score (nSPS) is 19.2. The molecule has 1 aromatic heterocycles. The highest BCUT2D eigenvalue weighted by Crippen LogP contribution is 2.52. The summed E-state index contributed by atoms with van der Waals surface area (Å²) in [4.78, 5) is 16.7. The fourth-order valence-corrected chi connectivity index (χ4v) is 5.46. The van der Waals surface area contributed by atoms with E-state index in [-0.39, 0.29) is 39.4 Å². The molecule has 1 N–H and O–H groups in total. The second kappa shape index (κ2) is 10.1. The van der Waals surface area contributed by atoms with Crippen molar-refractivity contribution in [1.82, 2.24) is 9.71 Å². The zero-order valence-electron chi connectivity index (χ0n) is 19.2. The summed E-state index contributed by atoms with van der Waals surface area (Å²) in [5, 5.41) is -1.56. The number of para-hydroxylation sites is 1. The number of anilines is 1. The van der Waals surface area contributed by atoms with Crippen LogP contribution in [0.3, 0.4) is 0 Å². The Morgan fingerprint density at radius 2 is 1.86 bits per heavy atom. The van der Waals surface area contributed by atoms with Crippen molar-refractivity contribution in [3.8, 4) is 11.6 Å². The van der Waals surface area contributed by atoms with Gasteiger partial charge in [-0.05, 0) is 24.1 Å². The van der Waals surface area contributed by atoms with E-state index in [1.165, 1.54) is 36.4 Å². The number of carbonyl (C=O) groups is 1. The molecule has 0 fully saturated rings. The number of hydrogen-bond donors (Lipinski definition) is 1. The molecule has 0 saturated heterocycles. The molecule has 1 aliphatic rings. The molecule has 3 aromatic rings. The van der Waals surface area contributed by atoms with Gasteiger partial charge in [-0.15, -0.1) is 11.6 Å². The number of benzene rings is 2. The Balaban J connectivity index is 1.69. The Bertz CT molecular complexity index is 1380. The van der Waals surface area contributed by atoms with Crippen LogP contribution in [-0.4, -0.2) is 31.9 Å². The van der Waals surface area contributed by atoms with E-state index in [2.05, 4.69) is 4.98 Å². The number of carbonyl (C=O) groups excluding carboxylic acids is 1. The van der Waals surface area contributed by atoms with Crippen LogP contribution in [0.5, 0.6) is 11.6 Å². The van der Waals surface area contributed by atoms with Gasteiger partial charge in [-0.1, -0.05) is 61.8 Å². The van der Waals surface area contributed by atoms with Gasteiger partial charge in [0, 0.05) is 17.2 Å². The first-order chi connectivity index (χ1) is 17.0. The van der Waals surface area contributed by atoms with E-state index in [9.17, 15) is 13.2 Å². The van der Waals surface area contributed by atoms with Gasteiger partial charge in [0.05, 0.1) is 18.5 Å². The van der Waals surface area contributed by atoms with Crippen molar-refractivity contribution in [3.05, 3.63) is 83.0 Å². The quantitative estimate of drug-likeness (QED) is 0.302. The number of ether oxygens (including phenoxy) is 2. The maximum Gasteiger partial charge on any atom is 0.367 e. The Hall–Kier alpha value is -3.08. The highest BCUT2D eigenvalue weighted by molar-refractivity contribution is 7.91. The van der Waals surface area contributed by atoms with Gasteiger partial charge in [0.25, 0.3) is 5.91 Å². The van der Waals surface area contributed by atoms with Crippen LogP contribution in [0.4, 0.5) is 10.1 Å². The van der Waals surface area contributed by atoms with Crippen LogP contribution in [0.2, 0.25) is 5.02 Å². The van der Waals surface area contributed by atoms with Crippen molar-refractivity contribution in [2.75, 3.05) is 10.9 Å². The fourth-order valence-electron chi connectivity index (χ4n) is 3.52. The molecule has 12 heteroatoms. The van der Waals surface area contributed by atoms with Gasteiger partial charge in [0.15, 0.2) is 5.38 Å². The van der Waals surface area contributed by atoms with Gasteiger partial charge in [-0.25, -0.2) is 9.71 Å². The van der Waals surface area contributed by atoms with E-state index >= 15 is 4.39 Å². The highest BCUT2D eigenvalue weighted by atomic mass is 35.5. The molecule has 36 heavy (non-hydrogen) atoms. The summed E-state index contributed by atoms with van der Waals surface area (Å²) in [5.41, 5.74) is 0.119. The summed E-state index contributed by atoms with van der Waals surface area (Å²) >= 11 is 12.6. The molecule has 190 valence electrons. The topological polar surface area (TPSA) is 97.8 Å². The molecule has 1 aliphatic heterocycles. The van der Waals surface area contributed by atoms with Crippen molar-refractivity contribution in [1.29, 1.82) is 0 Å². The second-order valence-electron chi connectivity index (χ2n) is 8.36. The number of alkyl halides is 2. The molecule has 4 rings (SSSR count). The number of nitrogens with one attached hydrogen (secondary N) is 1. The summed E-state index contributed by atoms with van der Waals surface area (Å²) < 4.78 is 56.5. The lowest BCUT2D eigenvalue weighted by Crippen LogP contribution is -2.56. The van der Waals surface area contributed by atoms with E-state index in [0.717, 1.165) is 6.20 Å². The molecule has 1 amide bonds. The second-order valence-corrected chi connectivity index (χ2v) is 10.7. The standard InChI is InChI=1S/C24H22Cl2FN3O5S/c1-15(2)14-34-23-19(25)12-17(13-28-23)35-24(27)21(26)18-10-6-7-11-20(18)30(24)36(32,33)29-22(31)16-8-4-3-5-9-16/h3-13,15,21H,14H2,1-2H3,(H,29,31). The SMILES string of the molecule is CC(C)COc1ncc(OC2(F)C(Cl)c3ccccc3N2S(=O)(=O)NC(=O)c2ccccc2)cc1Cl. The first-order valence-corrected chi connectivity index (χ1v) is 13.1. The number of rotatable bonds is 8. The van der Waals surface area contributed by atoms with Gasteiger partial charge in [0.1, 0.15) is 10.8 Å². The minimum atomic E-state index is -4.85. The summed E-state index contributed by atoms with van der Waals surface area (Å²) in [6.07, 6.45) is 1.14. The summed E-state index contributed by atoms with van der Waals surface area (Å²) in [5.74, 6) is -3.99. The van der Waals surface area contributed by atoms with Crippen LogP contribution in [0.1, 0.15) is 35.1 Å². The van der Waals surface area contributed by atoms with Crippen molar-refractivity contribution in [2.45, 2.75) is 25.2 Å². The van der Waals surface area contributed by atoms with E-state index in [4.69, 9.17) is 32.7 Å². The number of hydrogen-bond acceptors (Lipinski definition) is 6. The Kier molecular flexibility index (Phi) is 7.31. The largest absolute Gasteiger partial charge is 0.476 e. The van der Waals surface area contributed by atoms with Gasteiger partial charge in [-0.3, -0.25) is 4.79 Å². The average molecular weight is 554 g/mol. The minimum Gasteiger partial charge on any atom is -0.476 e. The molecule has 0 spiro atoms. The highest BCUT2D eigenvalue weighted by Gasteiger charge is 2.60.